The van der Waals surface area contributed by atoms with Crippen molar-refractivity contribution in [2.24, 2.45) is 0 Å². The molecule has 0 unspecified atom stereocenters. The van der Waals surface area contributed by atoms with Gasteiger partial charge >= 0.3 is 5.97 Å². The number of rotatable bonds is 4. The normalized spacial score (nSPS) is 10.0. The van der Waals surface area contributed by atoms with Crippen LogP contribution in [0, 0.1) is 0 Å². The predicted octanol–water partition coefficient (Wildman–Crippen LogP) is 1.89. The van der Waals surface area contributed by atoms with Crippen LogP contribution < -0.4 is 11.5 Å². The van der Waals surface area contributed by atoms with Gasteiger partial charge < -0.3 is 16.2 Å². The summed E-state index contributed by atoms with van der Waals surface area (Å²) in [4.78, 5) is 23.6. The summed E-state index contributed by atoms with van der Waals surface area (Å²) in [6, 6.07) is 13.1. The van der Waals surface area contributed by atoms with Crippen molar-refractivity contribution in [1.29, 1.82) is 0 Å². The number of nitrogens with two attached hydrogens (primary N) is 2. The van der Waals surface area contributed by atoms with Crippen molar-refractivity contribution in [1.82, 2.24) is 0 Å². The van der Waals surface area contributed by atoms with Gasteiger partial charge in [0.1, 0.15) is 0 Å². The van der Waals surface area contributed by atoms with Crippen LogP contribution in [0.4, 0.5) is 11.4 Å². The second-order valence-corrected chi connectivity index (χ2v) is 4.21. The first-order valence-corrected chi connectivity index (χ1v) is 5.98. The van der Waals surface area contributed by atoms with Crippen molar-refractivity contribution in [2.45, 2.75) is 0 Å². The van der Waals surface area contributed by atoms with Gasteiger partial charge in [0.15, 0.2) is 12.4 Å². The summed E-state index contributed by atoms with van der Waals surface area (Å²) >= 11 is 0. The Morgan fingerprint density at radius 1 is 0.900 bits per heavy atom. The summed E-state index contributed by atoms with van der Waals surface area (Å²) in [5, 5.41) is 0. The highest BCUT2D eigenvalue weighted by Crippen LogP contribution is 2.16. The van der Waals surface area contributed by atoms with Crippen LogP contribution in [-0.2, 0) is 4.74 Å². The van der Waals surface area contributed by atoms with Gasteiger partial charge in [0.05, 0.1) is 16.9 Å². The Balaban J connectivity index is 1.98. The van der Waals surface area contributed by atoms with Crippen LogP contribution in [0.3, 0.4) is 0 Å². The van der Waals surface area contributed by atoms with Crippen molar-refractivity contribution >= 4 is 23.1 Å². The Kier molecular flexibility index (Phi) is 4.00. The average molecular weight is 270 g/mol. The average Bonchev–Trinajstić information content (AvgIpc) is 2.48. The topological polar surface area (TPSA) is 95.4 Å². The Labute approximate surface area is 116 Å². The lowest BCUT2D eigenvalue weighted by atomic mass is 10.1. The fraction of sp³-hybridized carbons (Fsp3) is 0.0667. The summed E-state index contributed by atoms with van der Waals surface area (Å²) in [7, 11) is 0. The molecule has 5 heteroatoms. The number of hydrogen-bond acceptors (Lipinski definition) is 5. The molecule has 0 saturated heterocycles. The number of benzene rings is 2. The van der Waals surface area contributed by atoms with Gasteiger partial charge in [0.2, 0.25) is 0 Å². The summed E-state index contributed by atoms with van der Waals surface area (Å²) in [5.74, 6) is -0.872. The van der Waals surface area contributed by atoms with E-state index in [1.165, 1.54) is 18.2 Å². The van der Waals surface area contributed by atoms with E-state index in [0.29, 0.717) is 16.9 Å². The molecule has 2 rings (SSSR count). The fourth-order valence-corrected chi connectivity index (χ4v) is 1.62. The third-order valence-electron chi connectivity index (χ3n) is 2.75. The Bertz CT molecular complexity index is 639. The lowest BCUT2D eigenvalue weighted by Crippen LogP contribution is -2.14. The number of anilines is 2. The third kappa shape index (κ3) is 3.14. The smallest absolute Gasteiger partial charge is 0.338 e. The second-order valence-electron chi connectivity index (χ2n) is 4.21. The second kappa shape index (κ2) is 5.88. The zero-order chi connectivity index (χ0) is 14.5. The molecule has 0 aromatic heterocycles. The van der Waals surface area contributed by atoms with Crippen molar-refractivity contribution in [3.8, 4) is 0 Å². The van der Waals surface area contributed by atoms with Crippen LogP contribution in [0.25, 0.3) is 0 Å². The molecule has 0 aliphatic carbocycles. The molecule has 4 N–H and O–H groups in total. The van der Waals surface area contributed by atoms with E-state index < -0.39 is 5.97 Å². The van der Waals surface area contributed by atoms with Crippen LogP contribution in [-0.4, -0.2) is 18.4 Å². The quantitative estimate of drug-likeness (QED) is 0.502. The van der Waals surface area contributed by atoms with E-state index in [2.05, 4.69) is 0 Å². The van der Waals surface area contributed by atoms with Crippen LogP contribution in [0.15, 0.2) is 48.5 Å². The van der Waals surface area contributed by atoms with Crippen LogP contribution in [0.1, 0.15) is 20.7 Å². The molecule has 0 atom stereocenters. The van der Waals surface area contributed by atoms with Crippen molar-refractivity contribution < 1.29 is 14.3 Å². The first-order valence-electron chi connectivity index (χ1n) is 5.98. The van der Waals surface area contributed by atoms with Gasteiger partial charge in [-0.3, -0.25) is 4.79 Å². The first-order chi connectivity index (χ1) is 9.58. The Morgan fingerprint density at radius 3 is 2.25 bits per heavy atom. The maximum atomic E-state index is 11.8. The fourth-order valence-electron chi connectivity index (χ4n) is 1.62. The zero-order valence-corrected chi connectivity index (χ0v) is 10.7. The maximum Gasteiger partial charge on any atom is 0.338 e. The van der Waals surface area contributed by atoms with E-state index in [1.807, 2.05) is 0 Å². The van der Waals surface area contributed by atoms with Crippen LogP contribution >= 0.6 is 0 Å². The van der Waals surface area contributed by atoms with Gasteiger partial charge in [-0.1, -0.05) is 30.3 Å². The number of hydrogen-bond donors (Lipinski definition) is 2. The van der Waals surface area contributed by atoms with Gasteiger partial charge in [-0.2, -0.15) is 0 Å². The maximum absolute atomic E-state index is 11.8. The number of carbonyl (C=O) groups is 2. The first kappa shape index (κ1) is 13.6. The molecule has 0 amide bonds. The molecular formula is C15H14N2O3. The lowest BCUT2D eigenvalue weighted by Gasteiger charge is -2.06. The molecule has 0 bridgehead atoms. The van der Waals surface area contributed by atoms with E-state index in [-0.39, 0.29) is 18.0 Å². The largest absolute Gasteiger partial charge is 0.454 e. The molecule has 20 heavy (non-hydrogen) atoms. The summed E-state index contributed by atoms with van der Waals surface area (Å²) in [5.41, 5.74) is 12.6. The summed E-state index contributed by atoms with van der Waals surface area (Å²) in [6.07, 6.45) is 0. The van der Waals surface area contributed by atoms with E-state index >= 15 is 0 Å². The minimum Gasteiger partial charge on any atom is -0.454 e. The predicted molar refractivity (Wildman–Crippen MR) is 76.3 cm³/mol. The Morgan fingerprint density at radius 2 is 1.60 bits per heavy atom. The minimum absolute atomic E-state index is 0.262. The van der Waals surface area contributed by atoms with Crippen molar-refractivity contribution in [3.05, 3.63) is 59.7 Å². The summed E-state index contributed by atoms with van der Waals surface area (Å²) < 4.78 is 4.95. The summed E-state index contributed by atoms with van der Waals surface area (Å²) in [6.45, 7) is -0.312. The number of Topliss-reactive ketones (excluding diaryl/α,β-unsaturated/α-hetero) is 1. The highest BCUT2D eigenvalue weighted by atomic mass is 16.5. The number of nitrogen functional groups attached to an aromatic ring is 2. The van der Waals surface area contributed by atoms with E-state index in [4.69, 9.17) is 16.2 Å². The van der Waals surface area contributed by atoms with Gasteiger partial charge in [0, 0.05) is 5.56 Å². The van der Waals surface area contributed by atoms with Crippen molar-refractivity contribution in [3.63, 3.8) is 0 Å². The van der Waals surface area contributed by atoms with Gasteiger partial charge in [-0.15, -0.1) is 0 Å². The molecule has 5 nitrogen and oxygen atoms in total. The molecule has 0 saturated carbocycles. The number of carbonyl (C=O) groups excluding carboxylic acids is 2. The van der Waals surface area contributed by atoms with Crippen LogP contribution in [0.2, 0.25) is 0 Å². The van der Waals surface area contributed by atoms with Gasteiger partial charge in [0.25, 0.3) is 0 Å². The van der Waals surface area contributed by atoms with E-state index in [0.717, 1.165) is 0 Å². The lowest BCUT2D eigenvalue weighted by molar-refractivity contribution is 0.0475. The highest BCUT2D eigenvalue weighted by Gasteiger charge is 2.12. The molecule has 0 radical (unpaired) electrons. The number of ether oxygens (including phenoxy) is 1. The van der Waals surface area contributed by atoms with E-state index in [1.54, 1.807) is 30.3 Å². The molecule has 2 aromatic carbocycles. The van der Waals surface area contributed by atoms with Gasteiger partial charge in [-0.25, -0.2) is 4.79 Å². The molecule has 0 heterocycles. The molecule has 0 spiro atoms. The third-order valence-corrected chi connectivity index (χ3v) is 2.75. The molecule has 0 aliphatic rings. The van der Waals surface area contributed by atoms with E-state index in [9.17, 15) is 9.59 Å². The SMILES string of the molecule is Nc1ccc(C(=O)OCC(=O)c2ccccc2)cc1N. The molecule has 102 valence electrons. The zero-order valence-electron chi connectivity index (χ0n) is 10.7. The van der Waals surface area contributed by atoms with Gasteiger partial charge in [-0.05, 0) is 18.2 Å². The number of ketones is 1. The van der Waals surface area contributed by atoms with Crippen molar-refractivity contribution in [2.75, 3.05) is 18.1 Å². The molecule has 0 aliphatic heterocycles. The Hall–Kier alpha value is -2.82. The monoisotopic (exact) mass is 270 g/mol. The minimum atomic E-state index is -0.610. The number of esters is 1. The molecular weight excluding hydrogens is 256 g/mol. The molecule has 2 aromatic rings. The highest BCUT2D eigenvalue weighted by molar-refractivity contribution is 5.99. The standard InChI is InChI=1S/C15H14N2O3/c16-12-7-6-11(8-13(12)17)15(19)20-9-14(18)10-4-2-1-3-5-10/h1-8H,9,16-17H2. The molecule has 0 fully saturated rings. The van der Waals surface area contributed by atoms with Crippen LogP contribution in [0.5, 0.6) is 0 Å².